The second-order valence-corrected chi connectivity index (χ2v) is 8.45. The molecule has 1 heterocycles. The number of rotatable bonds is 8. The molecule has 0 saturated carbocycles. The first-order chi connectivity index (χ1) is 14.9. The van der Waals surface area contributed by atoms with Crippen molar-refractivity contribution in [1.29, 1.82) is 0 Å². The lowest BCUT2D eigenvalue weighted by atomic mass is 10.1. The summed E-state index contributed by atoms with van der Waals surface area (Å²) in [5.74, 6) is -0.0400. The van der Waals surface area contributed by atoms with Gasteiger partial charge in [0.2, 0.25) is 5.91 Å². The van der Waals surface area contributed by atoms with Gasteiger partial charge >= 0.3 is 5.97 Å². The minimum Gasteiger partial charge on any atom is -0.488 e. The van der Waals surface area contributed by atoms with Crippen molar-refractivity contribution >= 4 is 50.4 Å². The van der Waals surface area contributed by atoms with Crippen LogP contribution in [0.25, 0.3) is 6.08 Å². The van der Waals surface area contributed by atoms with Gasteiger partial charge in [-0.3, -0.25) is 14.9 Å². The molecule has 0 aliphatic rings. The third kappa shape index (κ3) is 7.04. The number of benzene rings is 2. The Morgan fingerprint density at radius 1 is 1.19 bits per heavy atom. The van der Waals surface area contributed by atoms with Gasteiger partial charge in [-0.05, 0) is 36.8 Å². The zero-order chi connectivity index (χ0) is 22.2. The van der Waals surface area contributed by atoms with Crippen LogP contribution in [0.5, 0.6) is 5.75 Å². The summed E-state index contributed by atoms with van der Waals surface area (Å²) < 4.78 is 11.5. The number of nitrogens with one attached hydrogen (secondary N) is 1. The summed E-state index contributed by atoms with van der Waals surface area (Å²) in [6, 6.07) is 13.8. The fourth-order valence-corrected chi connectivity index (χ4v) is 3.70. The maximum absolute atomic E-state index is 12.3. The Labute approximate surface area is 193 Å². The van der Waals surface area contributed by atoms with Crippen molar-refractivity contribution in [3.8, 4) is 5.75 Å². The van der Waals surface area contributed by atoms with E-state index in [0.29, 0.717) is 23.2 Å². The molecule has 0 radical (unpaired) electrons. The predicted octanol–water partition coefficient (Wildman–Crippen LogP) is 5.16. The maximum Gasteiger partial charge on any atom is 0.311 e. The molecule has 1 amide bonds. The zero-order valence-electron chi connectivity index (χ0n) is 17.1. The summed E-state index contributed by atoms with van der Waals surface area (Å²) in [6.45, 7) is 2.47. The minimum absolute atomic E-state index is 0.0679. The van der Waals surface area contributed by atoms with Crippen molar-refractivity contribution in [3.05, 3.63) is 80.8 Å². The zero-order valence-corrected chi connectivity index (χ0v) is 19.5. The predicted molar refractivity (Wildman–Crippen MR) is 125 cm³/mol. The smallest absolute Gasteiger partial charge is 0.311 e. The van der Waals surface area contributed by atoms with E-state index in [0.717, 1.165) is 15.6 Å². The molecule has 31 heavy (non-hydrogen) atoms. The van der Waals surface area contributed by atoms with Gasteiger partial charge in [0.05, 0.1) is 19.2 Å². The minimum atomic E-state index is -0.379. The van der Waals surface area contributed by atoms with Crippen LogP contribution in [0, 0.1) is 6.92 Å². The highest BCUT2D eigenvalue weighted by molar-refractivity contribution is 9.10. The van der Waals surface area contributed by atoms with Crippen LogP contribution < -0.4 is 10.1 Å². The largest absolute Gasteiger partial charge is 0.488 e. The van der Waals surface area contributed by atoms with Crippen molar-refractivity contribution < 1.29 is 19.1 Å². The van der Waals surface area contributed by atoms with Crippen molar-refractivity contribution in [1.82, 2.24) is 4.98 Å². The molecule has 0 spiro atoms. The molecule has 0 fully saturated rings. The number of methoxy groups -OCH3 is 1. The number of halogens is 1. The van der Waals surface area contributed by atoms with E-state index in [9.17, 15) is 9.59 Å². The van der Waals surface area contributed by atoms with Gasteiger partial charge in [0.1, 0.15) is 12.4 Å². The Kier molecular flexibility index (Phi) is 7.97. The van der Waals surface area contributed by atoms with Crippen molar-refractivity contribution in [3.63, 3.8) is 0 Å². The maximum atomic E-state index is 12.3. The molecular weight excluding hydrogens is 480 g/mol. The fraction of sp³-hybridized carbons (Fsp3) is 0.174. The Bertz CT molecular complexity index is 1090. The first kappa shape index (κ1) is 22.7. The average molecular weight is 501 g/mol. The number of ether oxygens (including phenoxy) is 2. The van der Waals surface area contributed by atoms with Crippen LogP contribution in [0.2, 0.25) is 0 Å². The first-order valence-electron chi connectivity index (χ1n) is 9.41. The quantitative estimate of drug-likeness (QED) is 0.341. The molecule has 0 saturated heterocycles. The lowest BCUT2D eigenvalue weighted by Crippen LogP contribution is -2.08. The van der Waals surface area contributed by atoms with Crippen LogP contribution in [0.3, 0.4) is 0 Å². The number of aryl methyl sites for hydroxylation is 1. The third-order valence-electron chi connectivity index (χ3n) is 4.24. The molecule has 0 atom stereocenters. The number of nitrogens with zero attached hydrogens (tertiary/aromatic N) is 1. The number of carbonyl (C=O) groups is 2. The number of anilines is 1. The monoisotopic (exact) mass is 500 g/mol. The van der Waals surface area contributed by atoms with Crippen LogP contribution in [-0.4, -0.2) is 24.0 Å². The first-order valence-corrected chi connectivity index (χ1v) is 11.1. The second kappa shape index (κ2) is 10.9. The Balaban J connectivity index is 1.64. The standard InChI is InChI=1S/C23H21BrN2O4S/c1-15-3-5-16(6-4-15)13-30-20-9-8-18(24)11-17(20)7-10-21(27)26-23-25-19(14-31-23)12-22(28)29-2/h3-11,14H,12-13H2,1-2H3,(H,25,26,27)/b10-7+. The van der Waals surface area contributed by atoms with Crippen LogP contribution in [0.4, 0.5) is 5.13 Å². The van der Waals surface area contributed by atoms with Gasteiger partial charge in [0.25, 0.3) is 0 Å². The lowest BCUT2D eigenvalue weighted by molar-refractivity contribution is -0.139. The van der Waals surface area contributed by atoms with Crippen LogP contribution in [-0.2, 0) is 27.4 Å². The second-order valence-electron chi connectivity index (χ2n) is 6.68. The van der Waals surface area contributed by atoms with Gasteiger partial charge in [-0.15, -0.1) is 11.3 Å². The van der Waals surface area contributed by atoms with Gasteiger partial charge in [-0.2, -0.15) is 0 Å². The van der Waals surface area contributed by atoms with Crippen molar-refractivity contribution in [2.24, 2.45) is 0 Å². The van der Waals surface area contributed by atoms with E-state index in [-0.39, 0.29) is 18.3 Å². The molecule has 0 aliphatic carbocycles. The molecule has 0 aliphatic heterocycles. The van der Waals surface area contributed by atoms with Crippen LogP contribution >= 0.6 is 27.3 Å². The summed E-state index contributed by atoms with van der Waals surface area (Å²) in [5.41, 5.74) is 3.57. The summed E-state index contributed by atoms with van der Waals surface area (Å²) >= 11 is 4.70. The normalized spacial score (nSPS) is 10.8. The van der Waals surface area contributed by atoms with E-state index in [2.05, 4.69) is 31.0 Å². The summed E-state index contributed by atoms with van der Waals surface area (Å²) in [6.07, 6.45) is 3.17. The SMILES string of the molecule is COC(=O)Cc1csc(NC(=O)/C=C/c2cc(Br)ccc2OCc2ccc(C)cc2)n1. The van der Waals surface area contributed by atoms with E-state index < -0.39 is 0 Å². The highest BCUT2D eigenvalue weighted by atomic mass is 79.9. The number of thiazole rings is 1. The Morgan fingerprint density at radius 3 is 2.71 bits per heavy atom. The molecule has 1 N–H and O–H groups in total. The van der Waals surface area contributed by atoms with Crippen LogP contribution in [0.1, 0.15) is 22.4 Å². The highest BCUT2D eigenvalue weighted by Crippen LogP contribution is 2.26. The van der Waals surface area contributed by atoms with Crippen molar-refractivity contribution in [2.75, 3.05) is 12.4 Å². The molecule has 6 nitrogen and oxygen atoms in total. The van der Waals surface area contributed by atoms with Gasteiger partial charge in [-0.25, -0.2) is 4.98 Å². The van der Waals surface area contributed by atoms with Gasteiger partial charge in [-0.1, -0.05) is 45.8 Å². The molecular formula is C23H21BrN2O4S. The van der Waals surface area contributed by atoms with Gasteiger partial charge in [0.15, 0.2) is 5.13 Å². The van der Waals surface area contributed by atoms with E-state index in [1.54, 1.807) is 11.5 Å². The number of hydrogen-bond acceptors (Lipinski definition) is 6. The van der Waals surface area contributed by atoms with E-state index in [1.165, 1.54) is 30.1 Å². The highest BCUT2D eigenvalue weighted by Gasteiger charge is 2.09. The number of esters is 1. The van der Waals surface area contributed by atoms with E-state index in [1.807, 2.05) is 49.4 Å². The third-order valence-corrected chi connectivity index (χ3v) is 5.54. The molecule has 3 rings (SSSR count). The average Bonchev–Trinajstić information content (AvgIpc) is 3.19. The van der Waals surface area contributed by atoms with Gasteiger partial charge < -0.3 is 9.47 Å². The number of aromatic nitrogens is 1. The van der Waals surface area contributed by atoms with E-state index >= 15 is 0 Å². The number of hydrogen-bond donors (Lipinski definition) is 1. The molecule has 1 aromatic heterocycles. The van der Waals surface area contributed by atoms with Crippen LogP contribution in [0.15, 0.2) is 58.4 Å². The Morgan fingerprint density at radius 2 is 1.97 bits per heavy atom. The molecule has 0 unspecified atom stereocenters. The molecule has 8 heteroatoms. The molecule has 160 valence electrons. The van der Waals surface area contributed by atoms with E-state index in [4.69, 9.17) is 4.74 Å². The number of carbonyl (C=O) groups excluding carboxylic acids is 2. The summed E-state index contributed by atoms with van der Waals surface area (Å²) in [7, 11) is 1.32. The van der Waals surface area contributed by atoms with Gasteiger partial charge in [0, 0.05) is 21.5 Å². The lowest BCUT2D eigenvalue weighted by Gasteiger charge is -2.10. The molecule has 2 aromatic carbocycles. The summed E-state index contributed by atoms with van der Waals surface area (Å²) in [4.78, 5) is 27.8. The topological polar surface area (TPSA) is 77.5 Å². The Hall–Kier alpha value is -2.97. The molecule has 0 bridgehead atoms. The summed E-state index contributed by atoms with van der Waals surface area (Å²) in [5, 5.41) is 4.82. The number of amides is 1. The van der Waals surface area contributed by atoms with Crippen molar-refractivity contribution in [2.45, 2.75) is 20.0 Å². The molecule has 3 aromatic rings. The fourth-order valence-electron chi connectivity index (χ4n) is 2.60.